The number of aromatic amines is 1. The summed E-state index contributed by atoms with van der Waals surface area (Å²) in [5.74, 6) is 0.789. The van der Waals surface area contributed by atoms with E-state index >= 15 is 0 Å². The maximum atomic E-state index is 3.97. The van der Waals surface area contributed by atoms with Gasteiger partial charge in [0.05, 0.1) is 6.20 Å². The predicted octanol–water partition coefficient (Wildman–Crippen LogP) is 0.710. The highest BCUT2D eigenvalue weighted by molar-refractivity contribution is 5.53. The van der Waals surface area contributed by atoms with Gasteiger partial charge in [-0.3, -0.25) is 5.10 Å². The topological polar surface area (TPSA) is 41.6 Å². The SMILES string of the molecule is [c]1cn[nH]c2nccc1-2. The van der Waals surface area contributed by atoms with Gasteiger partial charge in [0.1, 0.15) is 0 Å². The molecule has 0 aromatic carbocycles. The first-order chi connectivity index (χ1) is 4.47. The zero-order valence-electron chi connectivity index (χ0n) is 4.63. The van der Waals surface area contributed by atoms with Crippen molar-refractivity contribution in [1.29, 1.82) is 0 Å². The Morgan fingerprint density at radius 2 is 2.56 bits per heavy atom. The third-order valence-corrected chi connectivity index (χ3v) is 1.16. The van der Waals surface area contributed by atoms with Crippen molar-refractivity contribution in [2.75, 3.05) is 0 Å². The average molecular weight is 118 g/mol. The summed E-state index contributed by atoms with van der Waals surface area (Å²) in [6, 6.07) is 4.81. The van der Waals surface area contributed by atoms with E-state index in [0.29, 0.717) is 0 Å². The molecule has 0 saturated carbocycles. The maximum absolute atomic E-state index is 3.97. The molecule has 3 nitrogen and oxygen atoms in total. The van der Waals surface area contributed by atoms with Crippen LogP contribution in [0.1, 0.15) is 0 Å². The smallest absolute Gasteiger partial charge is 0.154 e. The monoisotopic (exact) mass is 118 g/mol. The van der Waals surface area contributed by atoms with Crippen molar-refractivity contribution in [2.24, 2.45) is 0 Å². The van der Waals surface area contributed by atoms with Crippen LogP contribution in [-0.4, -0.2) is 15.2 Å². The number of H-pyrrole nitrogens is 1. The van der Waals surface area contributed by atoms with Gasteiger partial charge in [0.25, 0.3) is 0 Å². The lowest BCUT2D eigenvalue weighted by atomic mass is 10.3. The Morgan fingerprint density at radius 1 is 1.56 bits per heavy atom. The number of hydrogen-bond acceptors (Lipinski definition) is 2. The van der Waals surface area contributed by atoms with Crippen LogP contribution in [0.4, 0.5) is 0 Å². The third kappa shape index (κ3) is 0.579. The van der Waals surface area contributed by atoms with Crippen LogP contribution in [0, 0.1) is 6.07 Å². The first kappa shape index (κ1) is 4.49. The second kappa shape index (κ2) is 1.55. The van der Waals surface area contributed by atoms with Gasteiger partial charge in [-0.2, -0.15) is 5.10 Å². The molecule has 3 heteroatoms. The quantitative estimate of drug-likeness (QED) is 0.553. The summed E-state index contributed by atoms with van der Waals surface area (Å²) in [5.41, 5.74) is 0.977. The minimum atomic E-state index is 0.789. The molecule has 0 aromatic rings. The van der Waals surface area contributed by atoms with Gasteiger partial charge in [-0.25, -0.2) is 4.98 Å². The molecule has 0 atom stereocenters. The summed E-state index contributed by atoms with van der Waals surface area (Å²) in [7, 11) is 0. The molecule has 9 heavy (non-hydrogen) atoms. The Bertz CT molecular complexity index is 248. The van der Waals surface area contributed by atoms with Crippen molar-refractivity contribution in [1.82, 2.24) is 15.2 Å². The molecule has 2 rings (SSSR count). The predicted molar refractivity (Wildman–Crippen MR) is 31.8 cm³/mol. The number of hydrogen-bond donors (Lipinski definition) is 1. The molecular formula is C6H4N3. The molecule has 0 amide bonds. The Morgan fingerprint density at radius 3 is 3.44 bits per heavy atom. The van der Waals surface area contributed by atoms with Crippen LogP contribution in [0.3, 0.4) is 0 Å². The van der Waals surface area contributed by atoms with Gasteiger partial charge < -0.3 is 0 Å². The van der Waals surface area contributed by atoms with E-state index in [0.717, 1.165) is 11.4 Å². The van der Waals surface area contributed by atoms with Gasteiger partial charge in [-0.15, -0.1) is 0 Å². The molecule has 43 valence electrons. The van der Waals surface area contributed by atoms with Crippen LogP contribution in [0.15, 0.2) is 18.5 Å². The minimum absolute atomic E-state index is 0.789. The van der Waals surface area contributed by atoms with E-state index in [9.17, 15) is 0 Å². The standard InChI is InChI=1S/C6H4N3/c1-3-7-6-5(1)2-4-8-9-6/h1,3-4H,(H,7,9). The number of fused-ring (bicyclic) bond motifs is 1. The Kier molecular flexibility index (Phi) is 0.773. The van der Waals surface area contributed by atoms with Crippen molar-refractivity contribution in [3.63, 3.8) is 0 Å². The first-order valence-corrected chi connectivity index (χ1v) is 2.62. The molecular weight excluding hydrogens is 114 g/mol. The van der Waals surface area contributed by atoms with E-state index < -0.39 is 0 Å². The van der Waals surface area contributed by atoms with E-state index in [-0.39, 0.29) is 0 Å². The zero-order valence-corrected chi connectivity index (χ0v) is 4.63. The van der Waals surface area contributed by atoms with Gasteiger partial charge in [0.15, 0.2) is 5.82 Å². The molecule has 2 aliphatic heterocycles. The largest absolute Gasteiger partial charge is 0.261 e. The van der Waals surface area contributed by atoms with Crippen LogP contribution < -0.4 is 0 Å². The Labute approximate surface area is 52.1 Å². The highest BCUT2D eigenvalue weighted by Gasteiger charge is 1.99. The first-order valence-electron chi connectivity index (χ1n) is 2.62. The van der Waals surface area contributed by atoms with Crippen molar-refractivity contribution in [3.8, 4) is 11.4 Å². The third-order valence-electron chi connectivity index (χ3n) is 1.16. The highest BCUT2D eigenvalue weighted by atomic mass is 15.1. The second-order valence-electron chi connectivity index (χ2n) is 1.72. The van der Waals surface area contributed by atoms with Crippen LogP contribution in [0.5, 0.6) is 0 Å². The fourth-order valence-corrected chi connectivity index (χ4v) is 0.736. The lowest BCUT2D eigenvalue weighted by molar-refractivity contribution is 1.01. The Balaban J connectivity index is 2.79. The van der Waals surface area contributed by atoms with Crippen LogP contribution in [0.25, 0.3) is 11.4 Å². The molecule has 0 fully saturated rings. The molecule has 0 unspecified atom stereocenters. The van der Waals surface area contributed by atoms with Crippen molar-refractivity contribution in [2.45, 2.75) is 0 Å². The van der Waals surface area contributed by atoms with Gasteiger partial charge in [0, 0.05) is 17.8 Å². The molecule has 0 aliphatic carbocycles. The number of aromatic nitrogens is 3. The van der Waals surface area contributed by atoms with E-state index in [1.807, 2.05) is 6.07 Å². The zero-order chi connectivity index (χ0) is 6.10. The lowest BCUT2D eigenvalue weighted by Crippen LogP contribution is -1.84. The summed E-state index contributed by atoms with van der Waals surface area (Å²) in [4.78, 5) is 3.97. The fraction of sp³-hybridized carbons (Fsp3) is 0. The Hall–Kier alpha value is -1.38. The van der Waals surface area contributed by atoms with E-state index in [1.165, 1.54) is 0 Å². The van der Waals surface area contributed by atoms with E-state index in [1.54, 1.807) is 12.4 Å². The van der Waals surface area contributed by atoms with Crippen molar-refractivity contribution < 1.29 is 0 Å². The summed E-state index contributed by atoms with van der Waals surface area (Å²) in [5, 5.41) is 6.48. The van der Waals surface area contributed by atoms with Crippen LogP contribution in [-0.2, 0) is 0 Å². The highest BCUT2D eigenvalue weighted by Crippen LogP contribution is 2.12. The normalized spacial score (nSPS) is 10.2. The van der Waals surface area contributed by atoms with E-state index in [2.05, 4.69) is 21.2 Å². The summed E-state index contributed by atoms with van der Waals surface area (Å²) in [6.45, 7) is 0. The minimum Gasteiger partial charge on any atom is -0.261 e. The number of nitrogens with one attached hydrogen (secondary N) is 1. The van der Waals surface area contributed by atoms with E-state index in [4.69, 9.17) is 0 Å². The molecule has 0 saturated heterocycles. The average Bonchev–Trinajstić information content (AvgIpc) is 2.33. The molecule has 0 aromatic heterocycles. The van der Waals surface area contributed by atoms with Crippen LogP contribution >= 0.6 is 0 Å². The molecule has 1 radical (unpaired) electrons. The molecule has 0 bridgehead atoms. The summed E-state index contributed by atoms with van der Waals surface area (Å²) < 4.78 is 0. The fourth-order valence-electron chi connectivity index (χ4n) is 0.736. The van der Waals surface area contributed by atoms with Crippen LogP contribution in [0.2, 0.25) is 0 Å². The molecule has 0 spiro atoms. The van der Waals surface area contributed by atoms with Gasteiger partial charge in [-0.1, -0.05) is 0 Å². The van der Waals surface area contributed by atoms with Gasteiger partial charge >= 0.3 is 0 Å². The molecule has 2 aliphatic rings. The summed E-state index contributed by atoms with van der Waals surface area (Å²) in [6.07, 6.45) is 3.31. The number of rotatable bonds is 0. The van der Waals surface area contributed by atoms with Gasteiger partial charge in [0.2, 0.25) is 0 Å². The number of nitrogens with zero attached hydrogens (tertiary/aromatic N) is 2. The maximum Gasteiger partial charge on any atom is 0.154 e. The van der Waals surface area contributed by atoms with Crippen molar-refractivity contribution in [3.05, 3.63) is 24.5 Å². The molecule has 2 heterocycles. The lowest BCUT2D eigenvalue weighted by Gasteiger charge is -1.90. The van der Waals surface area contributed by atoms with Crippen molar-refractivity contribution >= 4 is 0 Å². The second-order valence-corrected chi connectivity index (χ2v) is 1.72. The summed E-state index contributed by atoms with van der Waals surface area (Å²) >= 11 is 0. The van der Waals surface area contributed by atoms with Gasteiger partial charge in [-0.05, 0) is 6.07 Å². The molecule has 1 N–H and O–H groups in total.